The predicted octanol–water partition coefficient (Wildman–Crippen LogP) is 1.88. The van der Waals surface area contributed by atoms with Gasteiger partial charge in [0.1, 0.15) is 5.82 Å². The molecule has 2 rings (SSSR count). The van der Waals surface area contributed by atoms with E-state index in [1.807, 2.05) is 12.1 Å². The number of nitrogens with two attached hydrogens (primary N) is 1. The summed E-state index contributed by atoms with van der Waals surface area (Å²) in [6, 6.07) is 3.72. The first-order valence-corrected chi connectivity index (χ1v) is 4.80. The minimum atomic E-state index is 0.735. The van der Waals surface area contributed by atoms with Crippen LogP contribution in [0.4, 0.5) is 11.5 Å². The quantitative estimate of drug-likeness (QED) is 0.738. The lowest BCUT2D eigenvalue weighted by atomic mass is 10.3. The minimum absolute atomic E-state index is 0.735. The van der Waals surface area contributed by atoms with Crippen molar-refractivity contribution in [1.82, 2.24) is 4.98 Å². The summed E-state index contributed by atoms with van der Waals surface area (Å²) >= 11 is 0. The number of nitrogens with zero attached hydrogens (tertiary/aromatic N) is 1. The number of nitrogen functional groups attached to an aromatic ring is 1. The summed E-state index contributed by atoms with van der Waals surface area (Å²) in [5.74, 6) is 1.78. The van der Waals surface area contributed by atoms with Gasteiger partial charge in [0.15, 0.2) is 0 Å². The average Bonchev–Trinajstić information content (AvgIpc) is 2.92. The average molecular weight is 177 g/mol. The first-order valence-electron chi connectivity index (χ1n) is 4.80. The molecule has 0 aromatic carbocycles. The van der Waals surface area contributed by atoms with E-state index in [1.165, 1.54) is 19.3 Å². The fourth-order valence-corrected chi connectivity index (χ4v) is 1.37. The minimum Gasteiger partial charge on any atom is -0.396 e. The zero-order valence-electron chi connectivity index (χ0n) is 7.66. The molecule has 3 heteroatoms. The molecule has 1 aromatic rings. The summed E-state index contributed by atoms with van der Waals surface area (Å²) < 4.78 is 0. The van der Waals surface area contributed by atoms with Crippen molar-refractivity contribution in [1.29, 1.82) is 0 Å². The molecule has 0 bridgehead atoms. The van der Waals surface area contributed by atoms with E-state index in [0.29, 0.717) is 0 Å². The Balaban J connectivity index is 1.82. The lowest BCUT2D eigenvalue weighted by Gasteiger charge is -2.06. The van der Waals surface area contributed by atoms with Crippen LogP contribution in [0.3, 0.4) is 0 Å². The van der Waals surface area contributed by atoms with Gasteiger partial charge in [-0.15, -0.1) is 0 Å². The molecule has 0 saturated heterocycles. The van der Waals surface area contributed by atoms with Gasteiger partial charge in [0.25, 0.3) is 0 Å². The number of hydrogen-bond acceptors (Lipinski definition) is 3. The molecular formula is C10H15N3. The zero-order valence-corrected chi connectivity index (χ0v) is 7.66. The van der Waals surface area contributed by atoms with Crippen LogP contribution in [-0.2, 0) is 0 Å². The Morgan fingerprint density at radius 2 is 2.38 bits per heavy atom. The molecule has 1 heterocycles. The van der Waals surface area contributed by atoms with Crippen molar-refractivity contribution in [3.8, 4) is 0 Å². The van der Waals surface area contributed by atoms with Crippen LogP contribution in [0.25, 0.3) is 0 Å². The van der Waals surface area contributed by atoms with Crippen LogP contribution in [0, 0.1) is 5.92 Å². The van der Waals surface area contributed by atoms with E-state index < -0.39 is 0 Å². The highest BCUT2D eigenvalue weighted by atomic mass is 15.0. The van der Waals surface area contributed by atoms with Gasteiger partial charge in [-0.25, -0.2) is 4.98 Å². The molecule has 3 N–H and O–H groups in total. The lowest BCUT2D eigenvalue weighted by Crippen LogP contribution is -2.06. The smallest absolute Gasteiger partial charge is 0.149 e. The number of rotatable bonds is 4. The third-order valence-corrected chi connectivity index (χ3v) is 2.38. The number of anilines is 2. The maximum atomic E-state index is 5.73. The molecule has 0 spiro atoms. The van der Waals surface area contributed by atoms with Crippen molar-refractivity contribution in [2.45, 2.75) is 19.3 Å². The normalized spacial score (nSPS) is 15.7. The molecule has 1 aliphatic rings. The third kappa shape index (κ3) is 2.34. The molecule has 0 amide bonds. The van der Waals surface area contributed by atoms with Crippen LogP contribution in [0.5, 0.6) is 0 Å². The van der Waals surface area contributed by atoms with Crippen LogP contribution >= 0.6 is 0 Å². The SMILES string of the molecule is Nc1cccnc1NCCC1CC1. The molecule has 3 nitrogen and oxygen atoms in total. The number of hydrogen-bond donors (Lipinski definition) is 2. The summed E-state index contributed by atoms with van der Waals surface area (Å²) in [5.41, 5.74) is 6.46. The fourth-order valence-electron chi connectivity index (χ4n) is 1.37. The Morgan fingerprint density at radius 3 is 3.08 bits per heavy atom. The summed E-state index contributed by atoms with van der Waals surface area (Å²) in [5, 5.41) is 3.25. The second-order valence-corrected chi connectivity index (χ2v) is 3.60. The van der Waals surface area contributed by atoms with E-state index in [-0.39, 0.29) is 0 Å². The van der Waals surface area contributed by atoms with Gasteiger partial charge in [0, 0.05) is 12.7 Å². The van der Waals surface area contributed by atoms with E-state index in [4.69, 9.17) is 5.73 Å². The summed E-state index contributed by atoms with van der Waals surface area (Å²) in [4.78, 5) is 4.16. The first-order chi connectivity index (χ1) is 6.36. The Kier molecular flexibility index (Phi) is 2.34. The van der Waals surface area contributed by atoms with Crippen LogP contribution in [-0.4, -0.2) is 11.5 Å². The highest BCUT2D eigenvalue weighted by Crippen LogP contribution is 2.32. The van der Waals surface area contributed by atoms with Gasteiger partial charge in [-0.1, -0.05) is 12.8 Å². The summed E-state index contributed by atoms with van der Waals surface area (Å²) in [7, 11) is 0. The molecule has 0 atom stereocenters. The lowest BCUT2D eigenvalue weighted by molar-refractivity contribution is 0.758. The van der Waals surface area contributed by atoms with Gasteiger partial charge in [0.2, 0.25) is 0 Å². The summed E-state index contributed by atoms with van der Waals surface area (Å²) in [6.07, 6.45) is 5.81. The topological polar surface area (TPSA) is 50.9 Å². The Hall–Kier alpha value is -1.25. The number of pyridine rings is 1. The van der Waals surface area contributed by atoms with E-state index >= 15 is 0 Å². The monoisotopic (exact) mass is 177 g/mol. The van der Waals surface area contributed by atoms with Crippen molar-refractivity contribution >= 4 is 11.5 Å². The molecule has 1 aliphatic carbocycles. The van der Waals surface area contributed by atoms with Crippen molar-refractivity contribution in [2.24, 2.45) is 5.92 Å². The Bertz CT molecular complexity index is 281. The van der Waals surface area contributed by atoms with Gasteiger partial charge in [-0.05, 0) is 24.5 Å². The zero-order chi connectivity index (χ0) is 9.10. The molecule has 0 radical (unpaired) electrons. The van der Waals surface area contributed by atoms with Crippen LogP contribution in [0.15, 0.2) is 18.3 Å². The predicted molar refractivity (Wildman–Crippen MR) is 54.5 cm³/mol. The Morgan fingerprint density at radius 1 is 1.54 bits per heavy atom. The van der Waals surface area contributed by atoms with Crippen molar-refractivity contribution < 1.29 is 0 Å². The second-order valence-electron chi connectivity index (χ2n) is 3.60. The van der Waals surface area contributed by atoms with Crippen LogP contribution in [0.1, 0.15) is 19.3 Å². The summed E-state index contributed by atoms with van der Waals surface area (Å²) in [6.45, 7) is 0.992. The fraction of sp³-hybridized carbons (Fsp3) is 0.500. The van der Waals surface area contributed by atoms with Gasteiger partial charge >= 0.3 is 0 Å². The molecule has 1 fully saturated rings. The van der Waals surface area contributed by atoms with E-state index in [2.05, 4.69) is 10.3 Å². The van der Waals surface area contributed by atoms with Gasteiger partial charge in [0.05, 0.1) is 5.69 Å². The molecular weight excluding hydrogens is 162 g/mol. The number of aromatic nitrogens is 1. The van der Waals surface area contributed by atoms with Crippen LogP contribution < -0.4 is 11.1 Å². The molecule has 0 aliphatic heterocycles. The third-order valence-electron chi connectivity index (χ3n) is 2.38. The Labute approximate surface area is 78.4 Å². The van der Waals surface area contributed by atoms with Gasteiger partial charge in [-0.3, -0.25) is 0 Å². The maximum absolute atomic E-state index is 5.73. The highest BCUT2D eigenvalue weighted by Gasteiger charge is 2.20. The standard InChI is InChI=1S/C10H15N3/c11-9-2-1-6-12-10(9)13-7-5-8-3-4-8/h1-2,6,8H,3-5,7,11H2,(H,12,13). The van der Waals surface area contributed by atoms with Gasteiger partial charge < -0.3 is 11.1 Å². The van der Waals surface area contributed by atoms with Crippen molar-refractivity contribution in [2.75, 3.05) is 17.6 Å². The van der Waals surface area contributed by atoms with E-state index in [0.717, 1.165) is 24.0 Å². The number of nitrogens with one attached hydrogen (secondary N) is 1. The van der Waals surface area contributed by atoms with Crippen molar-refractivity contribution in [3.63, 3.8) is 0 Å². The van der Waals surface area contributed by atoms with E-state index in [9.17, 15) is 0 Å². The highest BCUT2D eigenvalue weighted by molar-refractivity contribution is 5.60. The molecule has 70 valence electrons. The molecule has 1 saturated carbocycles. The maximum Gasteiger partial charge on any atom is 0.149 e. The van der Waals surface area contributed by atoms with E-state index in [1.54, 1.807) is 6.20 Å². The molecule has 1 aromatic heterocycles. The van der Waals surface area contributed by atoms with Gasteiger partial charge in [-0.2, -0.15) is 0 Å². The van der Waals surface area contributed by atoms with Crippen LogP contribution in [0.2, 0.25) is 0 Å². The van der Waals surface area contributed by atoms with Crippen molar-refractivity contribution in [3.05, 3.63) is 18.3 Å². The first kappa shape index (κ1) is 8.35. The second kappa shape index (κ2) is 3.64. The molecule has 13 heavy (non-hydrogen) atoms. The molecule has 0 unspecified atom stereocenters. The largest absolute Gasteiger partial charge is 0.396 e.